The van der Waals surface area contributed by atoms with Crippen LogP contribution >= 0.6 is 0 Å². The Kier molecular flexibility index (Phi) is 4.26. The molecule has 92 valence electrons. The van der Waals surface area contributed by atoms with Crippen molar-refractivity contribution in [2.75, 3.05) is 13.2 Å². The van der Waals surface area contributed by atoms with Crippen LogP contribution in [0.5, 0.6) is 0 Å². The zero-order valence-corrected chi connectivity index (χ0v) is 9.42. The third-order valence-electron chi connectivity index (χ3n) is 2.42. The highest BCUT2D eigenvalue weighted by atomic mass is 16.5. The molecule has 0 aromatic rings. The number of hydrogen-bond acceptors (Lipinski definition) is 4. The Bertz CT molecular complexity index is 278. The van der Waals surface area contributed by atoms with E-state index in [1.54, 1.807) is 13.8 Å². The number of likely N-dealkylation sites (tertiary alicyclic amines) is 1. The summed E-state index contributed by atoms with van der Waals surface area (Å²) in [6, 6.07) is -0.932. The lowest BCUT2D eigenvalue weighted by molar-refractivity contribution is -0.150. The maximum Gasteiger partial charge on any atom is 0.326 e. The number of nitrogens with zero attached hydrogens (tertiary/aromatic N) is 1. The van der Waals surface area contributed by atoms with E-state index in [4.69, 9.17) is 9.84 Å². The number of ether oxygens (including phenoxy) is 1. The summed E-state index contributed by atoms with van der Waals surface area (Å²) in [5.41, 5.74) is 0. The molecule has 6 nitrogen and oxygen atoms in total. The average molecular weight is 231 g/mol. The molecule has 1 heterocycles. The number of carboxylic acid groups (broad SMARTS) is 1. The van der Waals surface area contributed by atoms with E-state index < -0.39 is 24.0 Å². The predicted molar refractivity (Wildman–Crippen MR) is 54.8 cm³/mol. The Balaban J connectivity index is 2.56. The second-order valence-corrected chi connectivity index (χ2v) is 4.15. The van der Waals surface area contributed by atoms with E-state index in [2.05, 4.69) is 0 Å². The van der Waals surface area contributed by atoms with Gasteiger partial charge in [-0.05, 0) is 13.8 Å². The van der Waals surface area contributed by atoms with Crippen molar-refractivity contribution in [2.45, 2.75) is 38.5 Å². The molecule has 1 amide bonds. The maximum absolute atomic E-state index is 11.6. The molecule has 1 rings (SSSR count). The highest BCUT2D eigenvalue weighted by molar-refractivity contribution is 5.85. The molecule has 1 fully saturated rings. The first-order valence-corrected chi connectivity index (χ1v) is 5.23. The molecule has 1 aliphatic heterocycles. The molecule has 0 aromatic heterocycles. The van der Waals surface area contributed by atoms with Gasteiger partial charge in [0.05, 0.1) is 12.2 Å². The second kappa shape index (κ2) is 5.27. The largest absolute Gasteiger partial charge is 0.480 e. The van der Waals surface area contributed by atoms with Crippen molar-refractivity contribution in [1.29, 1.82) is 0 Å². The van der Waals surface area contributed by atoms with Crippen LogP contribution in [0, 0.1) is 0 Å². The van der Waals surface area contributed by atoms with Crippen LogP contribution in [0.1, 0.15) is 20.3 Å². The fourth-order valence-electron chi connectivity index (χ4n) is 1.64. The van der Waals surface area contributed by atoms with Gasteiger partial charge in [0.25, 0.3) is 0 Å². The topological polar surface area (TPSA) is 87.1 Å². The second-order valence-electron chi connectivity index (χ2n) is 4.15. The fraction of sp³-hybridized carbons (Fsp3) is 0.800. The van der Waals surface area contributed by atoms with Gasteiger partial charge in [-0.3, -0.25) is 4.79 Å². The summed E-state index contributed by atoms with van der Waals surface area (Å²) in [4.78, 5) is 23.7. The first-order valence-electron chi connectivity index (χ1n) is 5.23. The number of carbonyl (C=O) groups is 2. The van der Waals surface area contributed by atoms with Crippen molar-refractivity contribution in [3.63, 3.8) is 0 Å². The standard InChI is InChI=1S/C10H17NO5/c1-6(2)16-5-9(13)11-4-7(12)3-8(11)10(14)15/h6-8,12H,3-5H2,1-2H3,(H,14,15)/t7-,8-/m0/s1. The number of aliphatic hydroxyl groups excluding tert-OH is 1. The van der Waals surface area contributed by atoms with Crippen LogP contribution < -0.4 is 0 Å². The third kappa shape index (κ3) is 3.18. The third-order valence-corrected chi connectivity index (χ3v) is 2.42. The van der Waals surface area contributed by atoms with Gasteiger partial charge in [-0.2, -0.15) is 0 Å². The monoisotopic (exact) mass is 231 g/mol. The van der Waals surface area contributed by atoms with E-state index in [1.165, 1.54) is 0 Å². The lowest BCUT2D eigenvalue weighted by Gasteiger charge is -2.21. The van der Waals surface area contributed by atoms with Crippen molar-refractivity contribution < 1.29 is 24.5 Å². The molecular formula is C10H17NO5. The molecule has 16 heavy (non-hydrogen) atoms. The van der Waals surface area contributed by atoms with Crippen LogP contribution in [0.25, 0.3) is 0 Å². The van der Waals surface area contributed by atoms with Crippen molar-refractivity contribution >= 4 is 11.9 Å². The van der Waals surface area contributed by atoms with Gasteiger partial charge in [-0.25, -0.2) is 4.79 Å². The molecule has 6 heteroatoms. The summed E-state index contributed by atoms with van der Waals surface area (Å²) in [5.74, 6) is -1.48. The number of β-amino-alcohol motifs (C(OH)–C–C–N with tert-alkyl or cyclic N) is 1. The summed E-state index contributed by atoms with van der Waals surface area (Å²) in [6.07, 6.45) is -0.758. The Hall–Kier alpha value is -1.14. The number of aliphatic carboxylic acids is 1. The maximum atomic E-state index is 11.6. The van der Waals surface area contributed by atoms with Gasteiger partial charge < -0.3 is 19.8 Å². The van der Waals surface area contributed by atoms with Gasteiger partial charge in [0.1, 0.15) is 12.6 Å². The quantitative estimate of drug-likeness (QED) is 0.678. The molecule has 0 aromatic carbocycles. The normalized spacial score (nSPS) is 25.1. The number of rotatable bonds is 4. The van der Waals surface area contributed by atoms with E-state index >= 15 is 0 Å². The van der Waals surface area contributed by atoms with Crippen molar-refractivity contribution in [3.8, 4) is 0 Å². The molecule has 2 atom stereocenters. The number of amides is 1. The molecule has 0 aliphatic carbocycles. The van der Waals surface area contributed by atoms with Crippen LogP contribution in [0.4, 0.5) is 0 Å². The summed E-state index contributed by atoms with van der Waals surface area (Å²) in [7, 11) is 0. The zero-order valence-electron chi connectivity index (χ0n) is 9.42. The molecule has 0 bridgehead atoms. The lowest BCUT2D eigenvalue weighted by Crippen LogP contribution is -2.42. The SMILES string of the molecule is CC(C)OCC(=O)N1C[C@@H](O)C[C@H]1C(=O)O. The van der Waals surface area contributed by atoms with Gasteiger partial charge in [0, 0.05) is 13.0 Å². The lowest BCUT2D eigenvalue weighted by atomic mass is 10.2. The Morgan fingerprint density at radius 3 is 2.62 bits per heavy atom. The molecule has 0 unspecified atom stereocenters. The zero-order chi connectivity index (χ0) is 12.3. The molecule has 0 radical (unpaired) electrons. The van der Waals surface area contributed by atoms with Gasteiger partial charge in [-0.15, -0.1) is 0 Å². The molecular weight excluding hydrogens is 214 g/mol. The minimum absolute atomic E-state index is 0.0667. The molecule has 0 saturated carbocycles. The van der Waals surface area contributed by atoms with Gasteiger partial charge in [-0.1, -0.05) is 0 Å². The van der Waals surface area contributed by atoms with Crippen LogP contribution in [0.3, 0.4) is 0 Å². The van der Waals surface area contributed by atoms with Gasteiger partial charge in [0.15, 0.2) is 0 Å². The molecule has 1 saturated heterocycles. The highest BCUT2D eigenvalue weighted by Crippen LogP contribution is 2.18. The van der Waals surface area contributed by atoms with Gasteiger partial charge >= 0.3 is 5.97 Å². The van der Waals surface area contributed by atoms with E-state index in [1.807, 2.05) is 0 Å². The first kappa shape index (κ1) is 12.9. The van der Waals surface area contributed by atoms with Crippen LogP contribution in [-0.4, -0.2) is 58.4 Å². The predicted octanol–water partition coefficient (Wildman–Crippen LogP) is -0.542. The summed E-state index contributed by atoms with van der Waals surface area (Å²) in [6.45, 7) is 3.51. The average Bonchev–Trinajstić information content (AvgIpc) is 2.56. The Morgan fingerprint density at radius 2 is 2.12 bits per heavy atom. The van der Waals surface area contributed by atoms with E-state index in [0.717, 1.165) is 4.90 Å². The van der Waals surface area contributed by atoms with Crippen molar-refractivity contribution in [3.05, 3.63) is 0 Å². The van der Waals surface area contributed by atoms with Gasteiger partial charge in [0.2, 0.25) is 5.91 Å². The minimum Gasteiger partial charge on any atom is -0.480 e. The number of hydrogen-bond donors (Lipinski definition) is 2. The number of carboxylic acids is 1. The summed E-state index contributed by atoms with van der Waals surface area (Å²) >= 11 is 0. The molecule has 0 spiro atoms. The van der Waals surface area contributed by atoms with E-state index in [9.17, 15) is 14.7 Å². The van der Waals surface area contributed by atoms with E-state index in [-0.39, 0.29) is 25.7 Å². The van der Waals surface area contributed by atoms with Crippen LogP contribution in [-0.2, 0) is 14.3 Å². The molecule has 2 N–H and O–H groups in total. The Labute approximate surface area is 93.8 Å². The van der Waals surface area contributed by atoms with Crippen LogP contribution in [0.2, 0.25) is 0 Å². The van der Waals surface area contributed by atoms with Crippen LogP contribution in [0.15, 0.2) is 0 Å². The number of carbonyl (C=O) groups excluding carboxylic acids is 1. The smallest absolute Gasteiger partial charge is 0.326 e. The Morgan fingerprint density at radius 1 is 1.50 bits per heavy atom. The van der Waals surface area contributed by atoms with Crippen molar-refractivity contribution in [1.82, 2.24) is 4.90 Å². The van der Waals surface area contributed by atoms with Crippen molar-refractivity contribution in [2.24, 2.45) is 0 Å². The van der Waals surface area contributed by atoms with E-state index in [0.29, 0.717) is 0 Å². The number of aliphatic hydroxyl groups is 1. The summed E-state index contributed by atoms with van der Waals surface area (Å²) in [5, 5.41) is 18.2. The fourth-order valence-corrected chi connectivity index (χ4v) is 1.64. The molecule has 1 aliphatic rings. The highest BCUT2D eigenvalue weighted by Gasteiger charge is 2.38. The summed E-state index contributed by atoms with van der Waals surface area (Å²) < 4.78 is 5.11. The minimum atomic E-state index is -1.09. The first-order chi connectivity index (χ1) is 7.41.